The molecule has 0 atom stereocenters. The molecule has 108 valence electrons. The van der Waals surface area contributed by atoms with Crippen LogP contribution >= 0.6 is 0 Å². The van der Waals surface area contributed by atoms with E-state index in [0.29, 0.717) is 0 Å². The third-order valence-electron chi connectivity index (χ3n) is 4.47. The smallest absolute Gasteiger partial charge is 0.0406 e. The lowest BCUT2D eigenvalue weighted by molar-refractivity contribution is 0.519. The van der Waals surface area contributed by atoms with Gasteiger partial charge in [-0.3, -0.25) is 4.98 Å². The van der Waals surface area contributed by atoms with Crippen LogP contribution in [0.5, 0.6) is 0 Å². The van der Waals surface area contributed by atoms with Crippen molar-refractivity contribution < 1.29 is 0 Å². The number of benzene rings is 1. The summed E-state index contributed by atoms with van der Waals surface area (Å²) in [6, 6.07) is 15.3. The molecule has 1 nitrogen and oxygen atoms in total. The quantitative estimate of drug-likeness (QED) is 0.733. The first-order valence-corrected chi connectivity index (χ1v) is 8.04. The monoisotopic (exact) mass is 277 g/mol. The van der Waals surface area contributed by atoms with Gasteiger partial charge >= 0.3 is 0 Å². The van der Waals surface area contributed by atoms with E-state index in [1.165, 1.54) is 42.5 Å². The maximum absolute atomic E-state index is 4.37. The molecular formula is C20H23N. The molecule has 1 fully saturated rings. The van der Waals surface area contributed by atoms with E-state index in [1.54, 1.807) is 5.57 Å². The van der Waals surface area contributed by atoms with Crippen molar-refractivity contribution in [3.8, 4) is 0 Å². The van der Waals surface area contributed by atoms with Crippen molar-refractivity contribution in [3.05, 3.63) is 71.1 Å². The zero-order chi connectivity index (χ0) is 14.5. The molecule has 1 aromatic heterocycles. The largest absolute Gasteiger partial charge is 0.261 e. The molecule has 0 bridgehead atoms. The number of allylic oxidation sites excluding steroid dienone is 1. The van der Waals surface area contributed by atoms with Gasteiger partial charge in [-0.1, -0.05) is 48.9 Å². The standard InChI is InChI=1S/C20H23N/c1-2-20-15-17(12-13-21-20)14-16-8-10-19(11-9-16)18-6-4-3-5-7-18/h3-7,12-15,19H,2,8-11H2,1H3. The van der Waals surface area contributed by atoms with Gasteiger partial charge in [0.25, 0.3) is 0 Å². The first kappa shape index (κ1) is 14.1. The Morgan fingerprint density at radius 3 is 2.57 bits per heavy atom. The van der Waals surface area contributed by atoms with Crippen molar-refractivity contribution in [2.45, 2.75) is 44.9 Å². The summed E-state index contributed by atoms with van der Waals surface area (Å²) in [5.74, 6) is 0.743. The zero-order valence-corrected chi connectivity index (χ0v) is 12.8. The highest BCUT2D eigenvalue weighted by molar-refractivity contribution is 5.53. The fourth-order valence-electron chi connectivity index (χ4n) is 3.21. The predicted octanol–water partition coefficient (Wildman–Crippen LogP) is 5.39. The van der Waals surface area contributed by atoms with Crippen molar-refractivity contribution in [1.82, 2.24) is 4.98 Å². The molecule has 0 aliphatic heterocycles. The highest BCUT2D eigenvalue weighted by Crippen LogP contribution is 2.36. The van der Waals surface area contributed by atoms with E-state index in [0.717, 1.165) is 12.3 Å². The Hall–Kier alpha value is -1.89. The van der Waals surface area contributed by atoms with Gasteiger partial charge in [0.05, 0.1) is 0 Å². The van der Waals surface area contributed by atoms with Crippen molar-refractivity contribution in [2.24, 2.45) is 0 Å². The van der Waals surface area contributed by atoms with Gasteiger partial charge in [0.15, 0.2) is 0 Å². The van der Waals surface area contributed by atoms with Crippen LogP contribution in [0, 0.1) is 0 Å². The van der Waals surface area contributed by atoms with Gasteiger partial charge in [-0.15, -0.1) is 0 Å². The number of hydrogen-bond donors (Lipinski definition) is 0. The lowest BCUT2D eigenvalue weighted by Gasteiger charge is -2.24. The summed E-state index contributed by atoms with van der Waals surface area (Å²) in [6.07, 6.45) is 10.3. The molecule has 1 heterocycles. The van der Waals surface area contributed by atoms with Gasteiger partial charge in [-0.05, 0) is 61.3 Å². The van der Waals surface area contributed by atoms with Crippen molar-refractivity contribution in [1.29, 1.82) is 0 Å². The van der Waals surface area contributed by atoms with Crippen LogP contribution < -0.4 is 0 Å². The van der Waals surface area contributed by atoms with E-state index in [2.05, 4.69) is 60.4 Å². The summed E-state index contributed by atoms with van der Waals surface area (Å²) >= 11 is 0. The van der Waals surface area contributed by atoms with Crippen molar-refractivity contribution in [2.75, 3.05) is 0 Å². The summed E-state index contributed by atoms with van der Waals surface area (Å²) in [5.41, 5.74) is 5.60. The number of nitrogens with zero attached hydrogens (tertiary/aromatic N) is 1. The summed E-state index contributed by atoms with van der Waals surface area (Å²) in [5, 5.41) is 0. The molecule has 3 rings (SSSR count). The molecule has 1 aliphatic carbocycles. The lowest BCUT2D eigenvalue weighted by Crippen LogP contribution is -2.06. The maximum atomic E-state index is 4.37. The van der Waals surface area contributed by atoms with Crippen LogP contribution in [0.1, 0.15) is 55.3 Å². The zero-order valence-electron chi connectivity index (χ0n) is 12.8. The number of pyridine rings is 1. The molecule has 1 aromatic carbocycles. The molecule has 0 N–H and O–H groups in total. The molecule has 0 unspecified atom stereocenters. The minimum absolute atomic E-state index is 0.743. The highest BCUT2D eigenvalue weighted by atomic mass is 14.7. The Balaban J connectivity index is 1.66. The molecule has 0 radical (unpaired) electrons. The second-order valence-electron chi connectivity index (χ2n) is 5.92. The average molecular weight is 277 g/mol. The van der Waals surface area contributed by atoms with Gasteiger partial charge in [-0.25, -0.2) is 0 Å². The van der Waals surface area contributed by atoms with Crippen LogP contribution in [0.2, 0.25) is 0 Å². The third kappa shape index (κ3) is 3.60. The topological polar surface area (TPSA) is 12.9 Å². The Labute approximate surface area is 127 Å². The highest BCUT2D eigenvalue weighted by Gasteiger charge is 2.17. The van der Waals surface area contributed by atoms with E-state index < -0.39 is 0 Å². The van der Waals surface area contributed by atoms with Crippen LogP contribution in [-0.4, -0.2) is 4.98 Å². The van der Waals surface area contributed by atoms with E-state index in [9.17, 15) is 0 Å². The molecule has 1 aliphatic rings. The van der Waals surface area contributed by atoms with Gasteiger partial charge in [0.2, 0.25) is 0 Å². The van der Waals surface area contributed by atoms with Crippen molar-refractivity contribution in [3.63, 3.8) is 0 Å². The van der Waals surface area contributed by atoms with Crippen LogP contribution in [0.15, 0.2) is 54.2 Å². The van der Waals surface area contributed by atoms with Gasteiger partial charge in [0, 0.05) is 11.9 Å². The molecular weight excluding hydrogens is 254 g/mol. The molecule has 0 saturated heterocycles. The van der Waals surface area contributed by atoms with Gasteiger partial charge in [0.1, 0.15) is 0 Å². The van der Waals surface area contributed by atoms with Crippen LogP contribution in [0.25, 0.3) is 6.08 Å². The minimum atomic E-state index is 0.743. The summed E-state index contributed by atoms with van der Waals surface area (Å²) in [7, 11) is 0. The first-order chi connectivity index (χ1) is 10.3. The second kappa shape index (κ2) is 6.71. The van der Waals surface area contributed by atoms with Gasteiger partial charge < -0.3 is 0 Å². The average Bonchev–Trinajstić information content (AvgIpc) is 2.56. The minimum Gasteiger partial charge on any atom is -0.261 e. The maximum Gasteiger partial charge on any atom is 0.0406 e. The van der Waals surface area contributed by atoms with Gasteiger partial charge in [-0.2, -0.15) is 0 Å². The third-order valence-corrected chi connectivity index (χ3v) is 4.47. The predicted molar refractivity (Wildman–Crippen MR) is 89.2 cm³/mol. The molecule has 0 amide bonds. The number of aromatic nitrogens is 1. The van der Waals surface area contributed by atoms with E-state index in [1.807, 2.05) is 6.20 Å². The first-order valence-electron chi connectivity index (χ1n) is 8.04. The van der Waals surface area contributed by atoms with Crippen molar-refractivity contribution >= 4 is 6.08 Å². The number of aryl methyl sites for hydroxylation is 1. The fourth-order valence-corrected chi connectivity index (χ4v) is 3.21. The molecule has 1 heteroatoms. The fraction of sp³-hybridized carbons (Fsp3) is 0.350. The Bertz CT molecular complexity index is 603. The van der Waals surface area contributed by atoms with Crippen LogP contribution in [0.3, 0.4) is 0 Å². The number of hydrogen-bond acceptors (Lipinski definition) is 1. The molecule has 2 aromatic rings. The molecule has 21 heavy (non-hydrogen) atoms. The molecule has 0 spiro atoms. The second-order valence-corrected chi connectivity index (χ2v) is 5.92. The number of rotatable bonds is 3. The summed E-state index contributed by atoms with van der Waals surface area (Å²) in [6.45, 7) is 2.16. The normalized spacial score (nSPS) is 18.5. The van der Waals surface area contributed by atoms with E-state index >= 15 is 0 Å². The van der Waals surface area contributed by atoms with Crippen LogP contribution in [0.4, 0.5) is 0 Å². The molecule has 1 saturated carbocycles. The van der Waals surface area contributed by atoms with E-state index in [-0.39, 0.29) is 0 Å². The Morgan fingerprint density at radius 1 is 1.10 bits per heavy atom. The van der Waals surface area contributed by atoms with Crippen LogP contribution in [-0.2, 0) is 6.42 Å². The lowest BCUT2D eigenvalue weighted by atomic mass is 9.81. The summed E-state index contributed by atoms with van der Waals surface area (Å²) < 4.78 is 0. The summed E-state index contributed by atoms with van der Waals surface area (Å²) in [4.78, 5) is 4.37. The Kier molecular flexibility index (Phi) is 4.49. The SMILES string of the molecule is CCc1cc(C=C2CCC(c3ccccc3)CC2)ccn1. The Morgan fingerprint density at radius 2 is 1.86 bits per heavy atom. The van der Waals surface area contributed by atoms with E-state index in [4.69, 9.17) is 0 Å².